The Bertz CT molecular complexity index is 689. The average Bonchev–Trinajstić information content (AvgIpc) is 2.91. The number of methoxy groups -OCH3 is 1. The Labute approximate surface area is 132 Å². The molecular weight excluding hydrogens is 302 g/mol. The van der Waals surface area contributed by atoms with Crippen molar-refractivity contribution in [3.63, 3.8) is 0 Å². The van der Waals surface area contributed by atoms with Gasteiger partial charge in [-0.15, -0.1) is 11.3 Å². The predicted octanol–water partition coefficient (Wildman–Crippen LogP) is 2.38. The van der Waals surface area contributed by atoms with E-state index in [1.54, 1.807) is 50.6 Å². The molecule has 1 aromatic heterocycles. The van der Waals surface area contributed by atoms with Gasteiger partial charge in [0.2, 0.25) is 5.91 Å². The van der Waals surface area contributed by atoms with Crippen molar-refractivity contribution in [2.24, 2.45) is 5.92 Å². The highest BCUT2D eigenvalue weighted by atomic mass is 32.1. The molecule has 0 bridgehead atoms. The van der Waals surface area contributed by atoms with E-state index in [-0.39, 0.29) is 17.4 Å². The summed E-state index contributed by atoms with van der Waals surface area (Å²) in [4.78, 5) is 23.3. The van der Waals surface area contributed by atoms with E-state index in [1.807, 2.05) is 0 Å². The van der Waals surface area contributed by atoms with Crippen LogP contribution in [0.5, 0.6) is 5.75 Å². The first kappa shape index (κ1) is 16.0. The summed E-state index contributed by atoms with van der Waals surface area (Å²) in [6.45, 7) is 3.48. The maximum atomic E-state index is 11.8. The van der Waals surface area contributed by atoms with Gasteiger partial charge in [-0.25, -0.2) is 0 Å². The summed E-state index contributed by atoms with van der Waals surface area (Å²) in [6.07, 6.45) is 0. The Morgan fingerprint density at radius 1 is 1.23 bits per heavy atom. The molecule has 116 valence electrons. The van der Waals surface area contributed by atoms with Crippen molar-refractivity contribution >= 4 is 28.2 Å². The highest BCUT2D eigenvalue weighted by Crippen LogP contribution is 2.36. The molecule has 0 spiro atoms. The minimum absolute atomic E-state index is 0.00386. The van der Waals surface area contributed by atoms with Gasteiger partial charge in [-0.1, -0.05) is 26.0 Å². The largest absolute Gasteiger partial charge is 0.545 e. The fourth-order valence-corrected chi connectivity index (χ4v) is 2.85. The molecule has 1 heterocycles. The smallest absolute Gasteiger partial charge is 0.227 e. The first-order valence-electron chi connectivity index (χ1n) is 6.72. The van der Waals surface area contributed by atoms with Crippen LogP contribution in [0.1, 0.15) is 24.2 Å². The number of hydrogen-bond donors (Lipinski definition) is 1. The average molecular weight is 318 g/mol. The van der Waals surface area contributed by atoms with E-state index in [4.69, 9.17) is 4.74 Å². The molecule has 0 radical (unpaired) electrons. The summed E-state index contributed by atoms with van der Waals surface area (Å²) in [7, 11) is 1.56. The van der Waals surface area contributed by atoms with Crippen molar-refractivity contribution < 1.29 is 19.4 Å². The molecule has 0 unspecified atom stereocenters. The van der Waals surface area contributed by atoms with E-state index in [9.17, 15) is 14.7 Å². The Morgan fingerprint density at radius 3 is 2.36 bits per heavy atom. The summed E-state index contributed by atoms with van der Waals surface area (Å²) in [5, 5.41) is 16.1. The van der Waals surface area contributed by atoms with Crippen molar-refractivity contribution in [1.82, 2.24) is 0 Å². The molecule has 0 aliphatic heterocycles. The normalized spacial score (nSPS) is 10.5. The quantitative estimate of drug-likeness (QED) is 0.918. The number of benzene rings is 1. The third kappa shape index (κ3) is 3.28. The second-order valence-corrected chi connectivity index (χ2v) is 5.89. The molecule has 0 atom stereocenters. The molecule has 0 aliphatic rings. The first-order valence-corrected chi connectivity index (χ1v) is 7.60. The molecule has 6 heteroatoms. The molecule has 2 rings (SSSR count). The van der Waals surface area contributed by atoms with E-state index in [0.717, 1.165) is 5.56 Å². The summed E-state index contributed by atoms with van der Waals surface area (Å²) in [5.41, 5.74) is 1.25. The third-order valence-electron chi connectivity index (χ3n) is 3.16. The van der Waals surface area contributed by atoms with Crippen molar-refractivity contribution in [3.05, 3.63) is 35.2 Å². The molecule has 5 nitrogen and oxygen atoms in total. The van der Waals surface area contributed by atoms with E-state index < -0.39 is 5.97 Å². The fraction of sp³-hybridized carbons (Fsp3) is 0.250. The number of nitrogens with one attached hydrogen (secondary N) is 1. The highest BCUT2D eigenvalue weighted by molar-refractivity contribution is 7.15. The Kier molecular flexibility index (Phi) is 4.82. The number of ether oxygens (including phenoxy) is 1. The Morgan fingerprint density at radius 2 is 1.86 bits per heavy atom. The van der Waals surface area contributed by atoms with Crippen LogP contribution in [0.3, 0.4) is 0 Å². The Balaban J connectivity index is 2.41. The standard InChI is InChI=1S/C16H17NO4S/c1-9(2)14(18)17-15-13(16(19)20)12(8-22-15)10-4-6-11(21-3)7-5-10/h4-9H,1-3H3,(H,17,18)(H,19,20)/p-1. The second kappa shape index (κ2) is 6.62. The minimum atomic E-state index is -1.31. The number of hydrogen-bond acceptors (Lipinski definition) is 5. The van der Waals surface area contributed by atoms with Crippen molar-refractivity contribution in [3.8, 4) is 16.9 Å². The van der Waals surface area contributed by atoms with Crippen LogP contribution in [0.4, 0.5) is 5.00 Å². The molecule has 0 fully saturated rings. The van der Waals surface area contributed by atoms with Crippen molar-refractivity contribution in [2.45, 2.75) is 13.8 Å². The van der Waals surface area contributed by atoms with Gasteiger partial charge in [0.25, 0.3) is 0 Å². The van der Waals surface area contributed by atoms with Crippen LogP contribution in [-0.2, 0) is 4.79 Å². The minimum Gasteiger partial charge on any atom is -0.545 e. The van der Waals surface area contributed by atoms with Gasteiger partial charge in [-0.3, -0.25) is 4.79 Å². The highest BCUT2D eigenvalue weighted by Gasteiger charge is 2.17. The molecule has 1 amide bonds. The van der Waals surface area contributed by atoms with Gasteiger partial charge in [0.15, 0.2) is 0 Å². The van der Waals surface area contributed by atoms with Gasteiger partial charge in [-0.05, 0) is 17.7 Å². The van der Waals surface area contributed by atoms with Crippen LogP contribution < -0.4 is 15.2 Å². The zero-order chi connectivity index (χ0) is 16.3. The van der Waals surface area contributed by atoms with Crippen LogP contribution in [0.25, 0.3) is 11.1 Å². The molecule has 0 saturated heterocycles. The zero-order valence-electron chi connectivity index (χ0n) is 12.5. The number of carbonyl (C=O) groups is 2. The van der Waals surface area contributed by atoms with Crippen LogP contribution >= 0.6 is 11.3 Å². The van der Waals surface area contributed by atoms with Gasteiger partial charge in [0, 0.05) is 22.4 Å². The molecule has 0 aliphatic carbocycles. The number of amides is 1. The molecule has 0 saturated carbocycles. The lowest BCUT2D eigenvalue weighted by Gasteiger charge is -2.11. The van der Waals surface area contributed by atoms with Crippen LogP contribution in [0, 0.1) is 5.92 Å². The summed E-state index contributed by atoms with van der Waals surface area (Å²) < 4.78 is 5.08. The van der Waals surface area contributed by atoms with Gasteiger partial charge in [0.1, 0.15) is 10.8 Å². The molecule has 1 N–H and O–H groups in total. The number of aromatic carboxylic acids is 1. The molecule has 22 heavy (non-hydrogen) atoms. The lowest BCUT2D eigenvalue weighted by Crippen LogP contribution is -2.25. The monoisotopic (exact) mass is 318 g/mol. The van der Waals surface area contributed by atoms with E-state index >= 15 is 0 Å². The predicted molar refractivity (Wildman–Crippen MR) is 84.1 cm³/mol. The maximum Gasteiger partial charge on any atom is 0.227 e. The summed E-state index contributed by atoms with van der Waals surface area (Å²) in [5.74, 6) is -1.10. The molecule has 1 aromatic carbocycles. The fourth-order valence-electron chi connectivity index (χ4n) is 1.89. The van der Waals surface area contributed by atoms with Crippen molar-refractivity contribution in [2.75, 3.05) is 12.4 Å². The van der Waals surface area contributed by atoms with Crippen molar-refractivity contribution in [1.29, 1.82) is 0 Å². The number of carboxylic acid groups (broad SMARTS) is 1. The van der Waals surface area contributed by atoms with Crippen LogP contribution in [0.15, 0.2) is 29.6 Å². The van der Waals surface area contributed by atoms with Gasteiger partial charge >= 0.3 is 0 Å². The number of thiophene rings is 1. The maximum absolute atomic E-state index is 11.8. The van der Waals surface area contributed by atoms with Gasteiger partial charge in [-0.2, -0.15) is 0 Å². The Hall–Kier alpha value is -2.34. The topological polar surface area (TPSA) is 78.5 Å². The summed E-state index contributed by atoms with van der Waals surface area (Å²) in [6, 6.07) is 7.03. The third-order valence-corrected chi connectivity index (χ3v) is 4.05. The first-order chi connectivity index (χ1) is 10.4. The lowest BCUT2D eigenvalue weighted by molar-refractivity contribution is -0.254. The number of carboxylic acids is 1. The van der Waals surface area contributed by atoms with E-state index in [1.165, 1.54) is 11.3 Å². The number of anilines is 1. The van der Waals surface area contributed by atoms with Gasteiger partial charge < -0.3 is 20.0 Å². The van der Waals surface area contributed by atoms with Crippen LogP contribution in [-0.4, -0.2) is 19.0 Å². The van der Waals surface area contributed by atoms with E-state index in [0.29, 0.717) is 16.3 Å². The zero-order valence-corrected chi connectivity index (χ0v) is 13.3. The molecule has 2 aromatic rings. The summed E-state index contributed by atoms with van der Waals surface area (Å²) >= 11 is 1.17. The van der Waals surface area contributed by atoms with E-state index in [2.05, 4.69) is 5.32 Å². The lowest BCUT2D eigenvalue weighted by atomic mass is 10.0. The number of carbonyl (C=O) groups excluding carboxylic acids is 2. The SMILES string of the molecule is COc1ccc(-c2csc(NC(=O)C(C)C)c2C(=O)[O-])cc1. The molecular formula is C16H16NO4S-. The van der Waals surface area contributed by atoms with Gasteiger partial charge in [0.05, 0.1) is 13.1 Å². The second-order valence-electron chi connectivity index (χ2n) is 5.01. The number of rotatable bonds is 5. The van der Waals surface area contributed by atoms with Crippen LogP contribution in [0.2, 0.25) is 0 Å².